The van der Waals surface area contributed by atoms with Crippen LogP contribution < -0.4 is 0 Å². The maximum Gasteiger partial charge on any atom is 0.141 e. The van der Waals surface area contributed by atoms with Gasteiger partial charge < -0.3 is 9.80 Å². The van der Waals surface area contributed by atoms with Gasteiger partial charge in [0.25, 0.3) is 0 Å². The molecule has 36 heavy (non-hydrogen) atoms. The van der Waals surface area contributed by atoms with E-state index in [9.17, 15) is 5.26 Å². The van der Waals surface area contributed by atoms with Gasteiger partial charge >= 0.3 is 0 Å². The average molecular weight is 496 g/mol. The second-order valence-corrected chi connectivity index (χ2v) is 12.3. The van der Waals surface area contributed by atoms with Crippen molar-refractivity contribution >= 4 is 5.71 Å². The Kier molecular flexibility index (Phi) is 11.9. The molecule has 2 aliphatic heterocycles. The summed E-state index contributed by atoms with van der Waals surface area (Å²) in [7, 11) is 0. The van der Waals surface area contributed by atoms with Crippen molar-refractivity contribution in [1.82, 2.24) is 14.7 Å². The van der Waals surface area contributed by atoms with Gasteiger partial charge in [-0.1, -0.05) is 73.6 Å². The zero-order valence-electron chi connectivity index (χ0n) is 24.4. The Hall–Kier alpha value is -1.90. The highest BCUT2D eigenvalue weighted by Gasteiger charge is 2.39. The Morgan fingerprint density at radius 3 is 2.42 bits per heavy atom. The first-order chi connectivity index (χ1) is 17.0. The summed E-state index contributed by atoms with van der Waals surface area (Å²) in [5, 5.41) is 9.58. The topological polar surface area (TPSA) is 45.9 Å². The van der Waals surface area contributed by atoms with Crippen LogP contribution in [0.25, 0.3) is 0 Å². The highest BCUT2D eigenvalue weighted by atomic mass is 15.3. The van der Waals surface area contributed by atoms with Gasteiger partial charge in [-0.3, -0.25) is 4.90 Å². The normalized spacial score (nSPS) is 21.1. The van der Waals surface area contributed by atoms with E-state index in [1.165, 1.54) is 32.2 Å². The van der Waals surface area contributed by atoms with E-state index in [0.717, 1.165) is 57.2 Å². The van der Waals surface area contributed by atoms with E-state index >= 15 is 0 Å². The molecule has 0 spiro atoms. The minimum atomic E-state index is -0.192. The molecule has 0 N–H and O–H groups in total. The minimum absolute atomic E-state index is 0.0589. The number of allylic oxidation sites excluding steroid dienone is 4. The third-order valence-corrected chi connectivity index (χ3v) is 7.93. The van der Waals surface area contributed by atoms with Crippen LogP contribution in [0.1, 0.15) is 87.0 Å². The summed E-state index contributed by atoms with van der Waals surface area (Å²) in [6, 6.07) is 2.25. The highest BCUT2D eigenvalue weighted by molar-refractivity contribution is 6.07. The predicted octanol–water partition coefficient (Wildman–Crippen LogP) is 6.66. The maximum absolute atomic E-state index is 9.58. The van der Waals surface area contributed by atoms with Crippen molar-refractivity contribution in [2.45, 2.75) is 98.7 Å². The van der Waals surface area contributed by atoms with E-state index in [1.54, 1.807) is 6.08 Å². The van der Waals surface area contributed by atoms with Crippen LogP contribution >= 0.6 is 0 Å². The third kappa shape index (κ3) is 9.20. The van der Waals surface area contributed by atoms with Crippen molar-refractivity contribution in [2.75, 3.05) is 39.3 Å². The van der Waals surface area contributed by atoms with Crippen molar-refractivity contribution in [3.63, 3.8) is 0 Å². The van der Waals surface area contributed by atoms with Gasteiger partial charge in [-0.2, -0.15) is 5.26 Å². The van der Waals surface area contributed by atoms with Crippen LogP contribution in [-0.4, -0.2) is 71.4 Å². The summed E-state index contributed by atoms with van der Waals surface area (Å²) in [6.07, 6.45) is 14.5. The summed E-state index contributed by atoms with van der Waals surface area (Å²) in [5.74, 6) is 0.754. The molecule has 0 bridgehead atoms. The quantitative estimate of drug-likeness (QED) is 0.287. The molecule has 0 aromatic rings. The first kappa shape index (κ1) is 30.3. The molecule has 2 atom stereocenters. The number of rotatable bonds is 13. The number of piperazine rings is 1. The van der Waals surface area contributed by atoms with Crippen molar-refractivity contribution in [1.29, 1.82) is 5.26 Å². The van der Waals surface area contributed by atoms with Gasteiger partial charge in [0.1, 0.15) is 17.9 Å². The van der Waals surface area contributed by atoms with Crippen molar-refractivity contribution in [3.8, 4) is 6.07 Å². The number of hydrogen-bond donors (Lipinski definition) is 0. The molecule has 0 saturated carbocycles. The molecule has 0 radical (unpaired) electrons. The molecular weight excluding hydrogens is 442 g/mol. The first-order valence-electron chi connectivity index (χ1n) is 14.3. The fourth-order valence-electron chi connectivity index (χ4n) is 5.37. The zero-order valence-corrected chi connectivity index (χ0v) is 24.4. The number of aliphatic imine (C=N–C) groups is 1. The molecule has 0 amide bonds. The van der Waals surface area contributed by atoms with Gasteiger partial charge in [0.15, 0.2) is 0 Å². The number of nitrogens with zero attached hydrogens (tertiary/aromatic N) is 5. The third-order valence-electron chi connectivity index (χ3n) is 7.93. The molecule has 1 fully saturated rings. The Morgan fingerprint density at radius 1 is 1.17 bits per heavy atom. The van der Waals surface area contributed by atoms with Crippen LogP contribution in [0.5, 0.6) is 0 Å². The molecule has 2 rings (SSSR count). The van der Waals surface area contributed by atoms with E-state index in [-0.39, 0.29) is 11.7 Å². The van der Waals surface area contributed by atoms with Crippen molar-refractivity contribution in [2.24, 2.45) is 16.3 Å². The average Bonchev–Trinajstić information content (AvgIpc) is 3.10. The summed E-state index contributed by atoms with van der Waals surface area (Å²) in [5.41, 5.74) is 1.97. The monoisotopic (exact) mass is 495 g/mol. The van der Waals surface area contributed by atoms with Crippen LogP contribution in [0.15, 0.2) is 41.6 Å². The fraction of sp³-hybridized carbons (Fsp3) is 0.742. The predicted molar refractivity (Wildman–Crippen MR) is 155 cm³/mol. The van der Waals surface area contributed by atoms with Gasteiger partial charge in [0.05, 0.1) is 0 Å². The van der Waals surface area contributed by atoms with E-state index in [4.69, 9.17) is 4.99 Å². The SMILES string of the molecule is C=C(CC)N(CC(CC)(CCCC(C)(C)C)N1CCN(CCC(C)C)CC1)C1C=CC=CC(C#N)=N1. The van der Waals surface area contributed by atoms with Crippen LogP contribution in [0.3, 0.4) is 0 Å². The standard InChI is InChI=1S/C31H53N5/c1-9-27(5)36(29-15-12-11-14-28(24-32)33-29)25-31(10-2,18-13-17-30(6,7)8)35-22-20-34(21-23-35)19-16-26(3)4/h11-12,14-15,26,29H,5,9-10,13,16-23,25H2,1-4,6-8H3. The zero-order chi connectivity index (χ0) is 26.8. The Morgan fingerprint density at radius 2 is 1.86 bits per heavy atom. The molecule has 0 aromatic heterocycles. The summed E-state index contributed by atoms with van der Waals surface area (Å²) >= 11 is 0. The van der Waals surface area contributed by atoms with Crippen molar-refractivity contribution in [3.05, 3.63) is 36.6 Å². The van der Waals surface area contributed by atoms with E-state index < -0.39 is 0 Å². The highest BCUT2D eigenvalue weighted by Crippen LogP contribution is 2.34. The Bertz CT molecular complexity index is 817. The molecule has 202 valence electrons. The first-order valence-corrected chi connectivity index (χ1v) is 14.3. The smallest absolute Gasteiger partial charge is 0.141 e. The fourth-order valence-corrected chi connectivity index (χ4v) is 5.37. The second kappa shape index (κ2) is 14.1. The van der Waals surface area contributed by atoms with E-state index in [1.807, 2.05) is 12.2 Å². The molecule has 5 nitrogen and oxygen atoms in total. The lowest BCUT2D eigenvalue weighted by Crippen LogP contribution is -2.61. The molecule has 2 heterocycles. The van der Waals surface area contributed by atoms with E-state index in [2.05, 4.69) is 81.9 Å². The summed E-state index contributed by atoms with van der Waals surface area (Å²) in [4.78, 5) is 12.6. The second-order valence-electron chi connectivity index (χ2n) is 12.3. The van der Waals surface area contributed by atoms with Crippen molar-refractivity contribution < 1.29 is 0 Å². The largest absolute Gasteiger partial charge is 0.349 e. The lowest BCUT2D eigenvalue weighted by atomic mass is 9.82. The lowest BCUT2D eigenvalue weighted by Gasteiger charge is -2.51. The molecule has 1 saturated heterocycles. The van der Waals surface area contributed by atoms with Gasteiger partial charge in [-0.15, -0.1) is 0 Å². The summed E-state index contributed by atoms with van der Waals surface area (Å²) in [6.45, 7) is 27.3. The van der Waals surface area contributed by atoms with Gasteiger partial charge in [0.2, 0.25) is 0 Å². The number of nitriles is 1. The van der Waals surface area contributed by atoms with Crippen LogP contribution in [-0.2, 0) is 0 Å². The maximum atomic E-state index is 9.58. The van der Waals surface area contributed by atoms with Crippen LogP contribution in [0, 0.1) is 22.7 Å². The molecule has 2 unspecified atom stereocenters. The molecule has 0 aliphatic carbocycles. The minimum Gasteiger partial charge on any atom is -0.349 e. The van der Waals surface area contributed by atoms with E-state index in [0.29, 0.717) is 11.1 Å². The molecule has 2 aliphatic rings. The number of hydrogen-bond acceptors (Lipinski definition) is 5. The Labute approximate surface area is 222 Å². The van der Waals surface area contributed by atoms with Crippen LogP contribution in [0.2, 0.25) is 0 Å². The van der Waals surface area contributed by atoms with Gasteiger partial charge in [0, 0.05) is 44.0 Å². The lowest BCUT2D eigenvalue weighted by molar-refractivity contribution is -0.00217. The molecule has 5 heteroatoms. The van der Waals surface area contributed by atoms with Gasteiger partial charge in [-0.05, 0) is 62.1 Å². The van der Waals surface area contributed by atoms with Gasteiger partial charge in [-0.25, -0.2) is 4.99 Å². The Balaban J connectivity index is 2.32. The summed E-state index contributed by atoms with van der Waals surface area (Å²) < 4.78 is 0. The molecule has 0 aromatic carbocycles. The molecular formula is C31H53N5. The van der Waals surface area contributed by atoms with Crippen LogP contribution in [0.4, 0.5) is 0 Å².